The molecule has 1 aliphatic heterocycles. The predicted molar refractivity (Wildman–Crippen MR) is 119 cm³/mol. The summed E-state index contributed by atoms with van der Waals surface area (Å²) in [5.41, 5.74) is 3.40. The molecule has 8 heteroatoms. The van der Waals surface area contributed by atoms with Gasteiger partial charge in [0.2, 0.25) is 5.88 Å². The normalized spacial score (nSPS) is 14.6. The summed E-state index contributed by atoms with van der Waals surface area (Å²) in [5, 5.41) is 2.85. The average Bonchev–Trinajstić information content (AvgIpc) is 2.78. The summed E-state index contributed by atoms with van der Waals surface area (Å²) in [5.74, 6) is 1.11. The third-order valence-electron chi connectivity index (χ3n) is 5.12. The number of hydrogen-bond donors (Lipinski definition) is 1. The molecule has 1 aliphatic rings. The molecular weight excluding hydrogens is 394 g/mol. The largest absolute Gasteiger partial charge is 0.474 e. The second-order valence-corrected chi connectivity index (χ2v) is 7.91. The highest BCUT2D eigenvalue weighted by Gasteiger charge is 2.16. The van der Waals surface area contributed by atoms with E-state index in [0.717, 1.165) is 42.7 Å². The Kier molecular flexibility index (Phi) is 6.27. The van der Waals surface area contributed by atoms with Crippen molar-refractivity contribution in [3.63, 3.8) is 0 Å². The first-order valence-electron chi connectivity index (χ1n) is 10.5. The van der Waals surface area contributed by atoms with Gasteiger partial charge < -0.3 is 14.8 Å². The number of aromatic nitrogens is 3. The van der Waals surface area contributed by atoms with E-state index in [0.29, 0.717) is 17.2 Å². The molecule has 3 heterocycles. The molecule has 0 spiro atoms. The van der Waals surface area contributed by atoms with Crippen LogP contribution in [0, 0.1) is 0 Å². The summed E-state index contributed by atoms with van der Waals surface area (Å²) in [6.07, 6.45) is 5.34. The van der Waals surface area contributed by atoms with Crippen molar-refractivity contribution in [3.05, 3.63) is 42.7 Å². The SMILES string of the molecule is CC(C)NC(=O)N(C)c1cnc2ccc(-c3ccc(OC4CCOCC4)nc3)cc2n1. The molecule has 162 valence electrons. The number of benzene rings is 1. The number of fused-ring (bicyclic) bond motifs is 1. The monoisotopic (exact) mass is 421 g/mol. The van der Waals surface area contributed by atoms with Crippen LogP contribution in [0.4, 0.5) is 10.6 Å². The molecule has 0 radical (unpaired) electrons. The fraction of sp³-hybridized carbons (Fsp3) is 0.391. The van der Waals surface area contributed by atoms with Gasteiger partial charge in [-0.05, 0) is 37.6 Å². The van der Waals surface area contributed by atoms with E-state index in [9.17, 15) is 4.79 Å². The average molecular weight is 422 g/mol. The number of hydrogen-bond acceptors (Lipinski definition) is 6. The van der Waals surface area contributed by atoms with Crippen LogP contribution in [-0.2, 0) is 4.74 Å². The molecule has 4 rings (SSSR count). The van der Waals surface area contributed by atoms with Gasteiger partial charge in [0.15, 0.2) is 5.82 Å². The summed E-state index contributed by atoms with van der Waals surface area (Å²) in [6.45, 7) is 5.30. The lowest BCUT2D eigenvalue weighted by Gasteiger charge is -2.22. The van der Waals surface area contributed by atoms with Gasteiger partial charge in [-0.3, -0.25) is 9.88 Å². The van der Waals surface area contributed by atoms with Crippen LogP contribution < -0.4 is 15.0 Å². The minimum atomic E-state index is -0.218. The second kappa shape index (κ2) is 9.26. The van der Waals surface area contributed by atoms with Crippen LogP contribution in [0.15, 0.2) is 42.7 Å². The summed E-state index contributed by atoms with van der Waals surface area (Å²) >= 11 is 0. The molecule has 0 unspecified atom stereocenters. The number of nitrogens with zero attached hydrogens (tertiary/aromatic N) is 4. The van der Waals surface area contributed by atoms with Crippen LogP contribution >= 0.6 is 0 Å². The number of carbonyl (C=O) groups is 1. The fourth-order valence-electron chi connectivity index (χ4n) is 3.38. The lowest BCUT2D eigenvalue weighted by molar-refractivity contribution is 0.0237. The lowest BCUT2D eigenvalue weighted by atomic mass is 10.1. The summed E-state index contributed by atoms with van der Waals surface area (Å²) < 4.78 is 11.3. The molecule has 8 nitrogen and oxygen atoms in total. The molecule has 2 aromatic heterocycles. The summed E-state index contributed by atoms with van der Waals surface area (Å²) in [7, 11) is 1.68. The molecule has 3 aromatic rings. The van der Waals surface area contributed by atoms with Gasteiger partial charge in [0.1, 0.15) is 6.10 Å². The molecule has 31 heavy (non-hydrogen) atoms. The number of anilines is 1. The van der Waals surface area contributed by atoms with Crippen LogP contribution in [0.2, 0.25) is 0 Å². The number of nitrogens with one attached hydrogen (secondary N) is 1. The van der Waals surface area contributed by atoms with Gasteiger partial charge >= 0.3 is 6.03 Å². The number of rotatable bonds is 5. The Morgan fingerprint density at radius 3 is 2.58 bits per heavy atom. The van der Waals surface area contributed by atoms with E-state index in [2.05, 4.69) is 20.3 Å². The molecule has 0 atom stereocenters. The van der Waals surface area contributed by atoms with Gasteiger partial charge in [-0.25, -0.2) is 14.8 Å². The van der Waals surface area contributed by atoms with Crippen molar-refractivity contribution in [1.29, 1.82) is 0 Å². The first-order valence-corrected chi connectivity index (χ1v) is 10.5. The van der Waals surface area contributed by atoms with Crippen molar-refractivity contribution in [1.82, 2.24) is 20.3 Å². The molecule has 1 fully saturated rings. The van der Waals surface area contributed by atoms with E-state index in [1.165, 1.54) is 4.90 Å². The smallest absolute Gasteiger partial charge is 0.323 e. The molecule has 0 bridgehead atoms. The first-order chi connectivity index (χ1) is 15.0. The minimum Gasteiger partial charge on any atom is -0.474 e. The standard InChI is InChI=1S/C23H27N5O3/c1-15(2)26-23(29)28(3)21-14-24-19-6-4-16(12-20(19)27-21)17-5-7-22(25-13-17)31-18-8-10-30-11-9-18/h4-7,12-15,18H,8-11H2,1-3H3,(H,26,29). The van der Waals surface area contributed by atoms with E-state index in [4.69, 9.17) is 9.47 Å². The zero-order valence-corrected chi connectivity index (χ0v) is 18.0. The highest BCUT2D eigenvalue weighted by Crippen LogP contribution is 2.25. The number of ether oxygens (including phenoxy) is 2. The maximum atomic E-state index is 12.3. The van der Waals surface area contributed by atoms with Crippen LogP contribution in [0.5, 0.6) is 5.88 Å². The van der Waals surface area contributed by atoms with E-state index in [1.807, 2.05) is 44.2 Å². The van der Waals surface area contributed by atoms with E-state index in [1.54, 1.807) is 19.4 Å². The van der Waals surface area contributed by atoms with Crippen LogP contribution in [0.3, 0.4) is 0 Å². The molecule has 2 amide bonds. The molecule has 0 saturated carbocycles. The first kappa shape index (κ1) is 21.0. The van der Waals surface area contributed by atoms with Crippen molar-refractivity contribution in [2.24, 2.45) is 0 Å². The molecule has 1 N–H and O–H groups in total. The molecule has 1 aromatic carbocycles. The number of urea groups is 1. The van der Waals surface area contributed by atoms with Crippen molar-refractivity contribution < 1.29 is 14.3 Å². The highest BCUT2D eigenvalue weighted by atomic mass is 16.5. The maximum absolute atomic E-state index is 12.3. The molecule has 1 saturated heterocycles. The Bertz CT molecular complexity index is 1050. The molecular formula is C23H27N5O3. The Hall–Kier alpha value is -3.26. The van der Waals surface area contributed by atoms with Gasteiger partial charge in [0.25, 0.3) is 0 Å². The van der Waals surface area contributed by atoms with Crippen molar-refractivity contribution in [2.45, 2.75) is 38.8 Å². The third-order valence-corrected chi connectivity index (χ3v) is 5.12. The number of pyridine rings is 1. The Labute approximate surface area is 181 Å². The van der Waals surface area contributed by atoms with E-state index < -0.39 is 0 Å². The Balaban J connectivity index is 1.53. The van der Waals surface area contributed by atoms with Gasteiger partial charge in [-0.2, -0.15) is 0 Å². The Morgan fingerprint density at radius 1 is 1.10 bits per heavy atom. The lowest BCUT2D eigenvalue weighted by Crippen LogP contribution is -2.41. The van der Waals surface area contributed by atoms with Crippen molar-refractivity contribution in [3.8, 4) is 17.0 Å². The maximum Gasteiger partial charge on any atom is 0.323 e. The van der Waals surface area contributed by atoms with Crippen LogP contribution in [0.25, 0.3) is 22.2 Å². The zero-order chi connectivity index (χ0) is 21.8. The third kappa shape index (κ3) is 5.08. The van der Waals surface area contributed by atoms with Gasteiger partial charge in [-0.1, -0.05) is 6.07 Å². The van der Waals surface area contributed by atoms with E-state index >= 15 is 0 Å². The van der Waals surface area contributed by atoms with E-state index in [-0.39, 0.29) is 18.2 Å². The fourth-order valence-corrected chi connectivity index (χ4v) is 3.38. The van der Waals surface area contributed by atoms with Gasteiger partial charge in [-0.15, -0.1) is 0 Å². The Morgan fingerprint density at radius 2 is 1.87 bits per heavy atom. The van der Waals surface area contributed by atoms with Crippen LogP contribution in [-0.4, -0.2) is 53.4 Å². The molecule has 0 aliphatic carbocycles. The van der Waals surface area contributed by atoms with Gasteiger partial charge in [0, 0.05) is 43.8 Å². The predicted octanol–water partition coefficient (Wildman–Crippen LogP) is 3.80. The topological polar surface area (TPSA) is 89.5 Å². The summed E-state index contributed by atoms with van der Waals surface area (Å²) in [6, 6.07) is 9.56. The number of carbonyl (C=O) groups excluding carboxylic acids is 1. The number of amides is 2. The van der Waals surface area contributed by atoms with Crippen molar-refractivity contribution >= 4 is 22.9 Å². The van der Waals surface area contributed by atoms with Gasteiger partial charge in [0.05, 0.1) is 30.4 Å². The zero-order valence-electron chi connectivity index (χ0n) is 18.0. The minimum absolute atomic E-state index is 0.0425. The summed E-state index contributed by atoms with van der Waals surface area (Å²) in [4.78, 5) is 27.3. The van der Waals surface area contributed by atoms with Crippen molar-refractivity contribution in [2.75, 3.05) is 25.2 Å². The highest BCUT2D eigenvalue weighted by molar-refractivity contribution is 5.91. The second-order valence-electron chi connectivity index (χ2n) is 7.91. The van der Waals surface area contributed by atoms with Crippen LogP contribution in [0.1, 0.15) is 26.7 Å². The quantitative estimate of drug-likeness (QED) is 0.674.